The molecule has 0 unspecified atom stereocenters. The standard InChI is InChI=1S/C16H18O2/c1-11(2)10-13-5-7-14(8-6-13)16(17)15-9-4-12(3)18-15/h4-9,11H,10H2,1-3H3. The lowest BCUT2D eigenvalue weighted by Gasteiger charge is -2.05. The third-order valence-electron chi connectivity index (χ3n) is 2.82. The highest BCUT2D eigenvalue weighted by molar-refractivity contribution is 6.07. The van der Waals surface area contributed by atoms with Crippen molar-refractivity contribution in [1.82, 2.24) is 0 Å². The Balaban J connectivity index is 2.17. The minimum absolute atomic E-state index is 0.0563. The molecule has 0 saturated heterocycles. The number of hydrogen-bond donors (Lipinski definition) is 0. The van der Waals surface area contributed by atoms with E-state index in [1.54, 1.807) is 12.1 Å². The summed E-state index contributed by atoms with van der Waals surface area (Å²) in [5, 5.41) is 0. The van der Waals surface area contributed by atoms with Crippen molar-refractivity contribution in [3.8, 4) is 0 Å². The van der Waals surface area contributed by atoms with Crippen molar-refractivity contribution < 1.29 is 9.21 Å². The fraction of sp³-hybridized carbons (Fsp3) is 0.312. The Bertz CT molecular complexity index is 532. The lowest BCUT2D eigenvalue weighted by molar-refractivity contribution is 0.101. The summed E-state index contributed by atoms with van der Waals surface area (Å²) in [5.74, 6) is 1.73. The molecule has 0 aliphatic heterocycles. The fourth-order valence-electron chi connectivity index (χ4n) is 1.96. The summed E-state index contributed by atoms with van der Waals surface area (Å²) >= 11 is 0. The summed E-state index contributed by atoms with van der Waals surface area (Å²) in [6.45, 7) is 6.21. The van der Waals surface area contributed by atoms with Crippen LogP contribution in [0.1, 0.15) is 41.3 Å². The van der Waals surface area contributed by atoms with E-state index in [4.69, 9.17) is 4.42 Å². The molecule has 0 bridgehead atoms. The summed E-state index contributed by atoms with van der Waals surface area (Å²) < 4.78 is 5.34. The zero-order valence-electron chi connectivity index (χ0n) is 11.1. The maximum absolute atomic E-state index is 12.1. The Hall–Kier alpha value is -1.83. The van der Waals surface area contributed by atoms with Gasteiger partial charge in [0.15, 0.2) is 5.76 Å². The summed E-state index contributed by atoms with van der Waals surface area (Å²) in [7, 11) is 0. The molecule has 0 fully saturated rings. The van der Waals surface area contributed by atoms with Crippen molar-refractivity contribution >= 4 is 5.78 Å². The molecule has 1 aromatic heterocycles. The normalized spacial score (nSPS) is 10.9. The number of ketones is 1. The Labute approximate surface area is 108 Å². The van der Waals surface area contributed by atoms with Crippen LogP contribution in [0.2, 0.25) is 0 Å². The molecule has 2 aromatic rings. The van der Waals surface area contributed by atoms with Crippen LogP contribution >= 0.6 is 0 Å². The van der Waals surface area contributed by atoms with Crippen LogP contribution in [0.25, 0.3) is 0 Å². The van der Waals surface area contributed by atoms with Crippen molar-refractivity contribution in [2.24, 2.45) is 5.92 Å². The van der Waals surface area contributed by atoms with E-state index in [0.29, 0.717) is 17.2 Å². The summed E-state index contributed by atoms with van der Waals surface area (Å²) in [4.78, 5) is 12.1. The van der Waals surface area contributed by atoms with Gasteiger partial charge in [0.25, 0.3) is 0 Å². The van der Waals surface area contributed by atoms with Crippen LogP contribution in [0.3, 0.4) is 0 Å². The van der Waals surface area contributed by atoms with E-state index in [-0.39, 0.29) is 5.78 Å². The van der Waals surface area contributed by atoms with Crippen LogP contribution in [-0.4, -0.2) is 5.78 Å². The second-order valence-electron chi connectivity index (χ2n) is 5.03. The molecule has 0 amide bonds. The van der Waals surface area contributed by atoms with E-state index in [9.17, 15) is 4.79 Å². The number of hydrogen-bond acceptors (Lipinski definition) is 2. The third-order valence-corrected chi connectivity index (χ3v) is 2.82. The largest absolute Gasteiger partial charge is 0.458 e. The van der Waals surface area contributed by atoms with Gasteiger partial charge in [-0.3, -0.25) is 4.79 Å². The highest BCUT2D eigenvalue weighted by atomic mass is 16.3. The van der Waals surface area contributed by atoms with Gasteiger partial charge in [-0.25, -0.2) is 0 Å². The first-order chi connectivity index (χ1) is 8.56. The Kier molecular flexibility index (Phi) is 3.66. The molecule has 18 heavy (non-hydrogen) atoms. The lowest BCUT2D eigenvalue weighted by atomic mass is 10.0. The molecular weight excluding hydrogens is 224 g/mol. The quantitative estimate of drug-likeness (QED) is 0.758. The highest BCUT2D eigenvalue weighted by Gasteiger charge is 2.12. The predicted molar refractivity (Wildman–Crippen MR) is 71.9 cm³/mol. The van der Waals surface area contributed by atoms with Crippen LogP contribution < -0.4 is 0 Å². The van der Waals surface area contributed by atoms with Crippen LogP contribution in [0, 0.1) is 12.8 Å². The Morgan fingerprint density at radius 1 is 1.11 bits per heavy atom. The molecule has 94 valence electrons. The molecule has 1 aromatic carbocycles. The number of carbonyl (C=O) groups is 1. The molecule has 2 nitrogen and oxygen atoms in total. The molecule has 2 heteroatoms. The first-order valence-corrected chi connectivity index (χ1v) is 6.26. The molecule has 0 atom stereocenters. The second kappa shape index (κ2) is 5.21. The van der Waals surface area contributed by atoms with Gasteiger partial charge in [0.1, 0.15) is 5.76 Å². The average molecular weight is 242 g/mol. The molecule has 0 aliphatic carbocycles. The minimum atomic E-state index is -0.0563. The van der Waals surface area contributed by atoms with Crippen molar-refractivity contribution in [2.45, 2.75) is 27.2 Å². The van der Waals surface area contributed by atoms with E-state index >= 15 is 0 Å². The van der Waals surface area contributed by atoms with Crippen molar-refractivity contribution in [3.63, 3.8) is 0 Å². The Morgan fingerprint density at radius 3 is 2.28 bits per heavy atom. The van der Waals surface area contributed by atoms with Crippen LogP contribution in [-0.2, 0) is 6.42 Å². The SMILES string of the molecule is Cc1ccc(C(=O)c2ccc(CC(C)C)cc2)o1. The second-order valence-corrected chi connectivity index (χ2v) is 5.03. The van der Waals surface area contributed by atoms with E-state index in [2.05, 4.69) is 13.8 Å². The maximum atomic E-state index is 12.1. The monoisotopic (exact) mass is 242 g/mol. The molecule has 2 rings (SSSR count). The number of carbonyl (C=O) groups excluding carboxylic acids is 1. The van der Waals surface area contributed by atoms with E-state index in [1.165, 1.54) is 5.56 Å². The first-order valence-electron chi connectivity index (χ1n) is 6.26. The van der Waals surface area contributed by atoms with Gasteiger partial charge in [0.2, 0.25) is 5.78 Å². The molecule has 1 heterocycles. The highest BCUT2D eigenvalue weighted by Crippen LogP contribution is 2.15. The number of aryl methyl sites for hydroxylation is 1. The van der Waals surface area contributed by atoms with Gasteiger partial charge in [-0.15, -0.1) is 0 Å². The van der Waals surface area contributed by atoms with Gasteiger partial charge in [-0.1, -0.05) is 38.1 Å². The van der Waals surface area contributed by atoms with Crippen molar-refractivity contribution in [3.05, 3.63) is 59.0 Å². The molecule has 0 spiro atoms. The van der Waals surface area contributed by atoms with Gasteiger partial charge >= 0.3 is 0 Å². The van der Waals surface area contributed by atoms with Gasteiger partial charge in [-0.05, 0) is 37.0 Å². The molecule has 0 radical (unpaired) electrons. The molecule has 0 N–H and O–H groups in total. The zero-order chi connectivity index (χ0) is 13.1. The van der Waals surface area contributed by atoms with Gasteiger partial charge < -0.3 is 4.42 Å². The average Bonchev–Trinajstić information content (AvgIpc) is 2.75. The summed E-state index contributed by atoms with van der Waals surface area (Å²) in [5.41, 5.74) is 1.94. The van der Waals surface area contributed by atoms with E-state index in [1.807, 2.05) is 31.2 Å². The number of benzene rings is 1. The van der Waals surface area contributed by atoms with Gasteiger partial charge in [0.05, 0.1) is 0 Å². The first kappa shape index (κ1) is 12.6. The molecule has 0 saturated carbocycles. The topological polar surface area (TPSA) is 30.2 Å². The summed E-state index contributed by atoms with van der Waals surface area (Å²) in [6.07, 6.45) is 1.04. The molecular formula is C16H18O2. The van der Waals surface area contributed by atoms with Crippen LogP contribution in [0.15, 0.2) is 40.8 Å². The smallest absolute Gasteiger partial charge is 0.228 e. The van der Waals surface area contributed by atoms with Crippen LogP contribution in [0.4, 0.5) is 0 Å². The van der Waals surface area contributed by atoms with E-state index < -0.39 is 0 Å². The summed E-state index contributed by atoms with van der Waals surface area (Å²) in [6, 6.07) is 11.3. The predicted octanol–water partition coefficient (Wildman–Crippen LogP) is 4.02. The maximum Gasteiger partial charge on any atom is 0.228 e. The number of furan rings is 1. The van der Waals surface area contributed by atoms with Gasteiger partial charge in [-0.2, -0.15) is 0 Å². The van der Waals surface area contributed by atoms with Crippen molar-refractivity contribution in [2.75, 3.05) is 0 Å². The Morgan fingerprint density at radius 2 is 1.78 bits per heavy atom. The number of rotatable bonds is 4. The molecule has 0 aliphatic rings. The zero-order valence-corrected chi connectivity index (χ0v) is 11.1. The minimum Gasteiger partial charge on any atom is -0.458 e. The van der Waals surface area contributed by atoms with Crippen LogP contribution in [0.5, 0.6) is 0 Å². The van der Waals surface area contributed by atoms with Gasteiger partial charge in [0, 0.05) is 5.56 Å². The lowest BCUT2D eigenvalue weighted by Crippen LogP contribution is -2.00. The van der Waals surface area contributed by atoms with Crippen molar-refractivity contribution in [1.29, 1.82) is 0 Å². The van der Waals surface area contributed by atoms with E-state index in [0.717, 1.165) is 12.2 Å². The third kappa shape index (κ3) is 2.89. The fourth-order valence-corrected chi connectivity index (χ4v) is 1.96.